The quantitative estimate of drug-likeness (QED) is 0.158. The molecule has 3 aromatic carbocycles. The van der Waals surface area contributed by atoms with Gasteiger partial charge in [-0.1, -0.05) is 24.3 Å². The van der Waals surface area contributed by atoms with Gasteiger partial charge in [0.05, 0.1) is 29.2 Å². The van der Waals surface area contributed by atoms with E-state index in [1.807, 2.05) is 6.08 Å². The number of halogens is 5. The van der Waals surface area contributed by atoms with Crippen LogP contribution in [0.2, 0.25) is 0 Å². The number of urea groups is 1. The summed E-state index contributed by atoms with van der Waals surface area (Å²) in [6.45, 7) is 0. The molecule has 14 heteroatoms. The van der Waals surface area contributed by atoms with E-state index < -0.39 is 63.9 Å². The van der Waals surface area contributed by atoms with Crippen molar-refractivity contribution in [1.29, 1.82) is 0 Å². The number of carbonyl (C=O) groups is 3. The summed E-state index contributed by atoms with van der Waals surface area (Å²) < 4.78 is 72.6. The molecule has 43 heavy (non-hydrogen) atoms. The van der Waals surface area contributed by atoms with Crippen molar-refractivity contribution in [2.75, 3.05) is 12.4 Å². The third-order valence-corrected chi connectivity index (χ3v) is 7.82. The van der Waals surface area contributed by atoms with Crippen molar-refractivity contribution in [2.45, 2.75) is 29.0 Å². The summed E-state index contributed by atoms with van der Waals surface area (Å²) in [5.74, 6) is -4.05. The van der Waals surface area contributed by atoms with Crippen LogP contribution < -0.4 is 15.4 Å². The molecule has 2 aliphatic rings. The second-order valence-corrected chi connectivity index (χ2v) is 10.8. The predicted octanol–water partition coefficient (Wildman–Crippen LogP) is 6.50. The Morgan fingerprint density at radius 3 is 2.37 bits per heavy atom. The molecule has 3 N–H and O–H groups in total. The van der Waals surface area contributed by atoms with Gasteiger partial charge in [-0.15, -0.1) is 0 Å². The first-order valence-electron chi connectivity index (χ1n) is 12.7. The van der Waals surface area contributed by atoms with Crippen LogP contribution >= 0.6 is 11.8 Å². The summed E-state index contributed by atoms with van der Waals surface area (Å²) >= 11 is -0.647. The highest BCUT2D eigenvalue weighted by Gasteiger charge is 2.46. The van der Waals surface area contributed by atoms with Crippen LogP contribution in [-0.4, -0.2) is 52.7 Å². The molecule has 2 bridgehead atoms. The summed E-state index contributed by atoms with van der Waals surface area (Å²) in [6.07, 6.45) is 3.19. The smallest absolute Gasteiger partial charge is 0.446 e. The molecule has 8 nitrogen and oxygen atoms in total. The highest BCUT2D eigenvalue weighted by atomic mass is 32.2. The molecule has 1 fully saturated rings. The van der Waals surface area contributed by atoms with Gasteiger partial charge in [-0.05, 0) is 60.1 Å². The first-order chi connectivity index (χ1) is 20.3. The molecule has 1 aliphatic carbocycles. The Bertz CT molecular complexity index is 1630. The number of hydrogen-bond acceptors (Lipinski definition) is 5. The lowest BCUT2D eigenvalue weighted by atomic mass is 9.99. The number of rotatable bonds is 7. The average Bonchev–Trinajstić information content (AvgIpc) is 3.56. The number of alkyl halides is 3. The van der Waals surface area contributed by atoms with Crippen LogP contribution in [0.5, 0.6) is 5.75 Å². The molecule has 0 saturated carbocycles. The number of anilines is 1. The standard InChI is InChI=1S/C29H22F5N3O5S/c1-42-23-13-22(31)19(14-2-4-15(5-3-14)27(39)40)12-20(23)26(38)36-25-16-6-8-18(10-16)37(25)28(41)35-17-7-9-21(30)24(11-17)43-29(32,33)34/h2-9,11-13,16,18,25H,10H2,1H3,(H,35,41)(H,36,38)(H,39,40). The zero-order valence-electron chi connectivity index (χ0n) is 22.1. The minimum Gasteiger partial charge on any atom is -0.496 e. The highest BCUT2D eigenvalue weighted by molar-refractivity contribution is 8.00. The minimum atomic E-state index is -4.74. The molecule has 3 atom stereocenters. The molecule has 224 valence electrons. The number of benzene rings is 3. The van der Waals surface area contributed by atoms with Crippen LogP contribution in [0.3, 0.4) is 0 Å². The Morgan fingerprint density at radius 1 is 1.00 bits per heavy atom. The number of carboxylic acid groups (broad SMARTS) is 1. The van der Waals surface area contributed by atoms with Crippen molar-refractivity contribution >= 4 is 35.4 Å². The fourth-order valence-electron chi connectivity index (χ4n) is 5.11. The second kappa shape index (κ2) is 11.6. The van der Waals surface area contributed by atoms with E-state index >= 15 is 0 Å². The lowest BCUT2D eigenvalue weighted by Gasteiger charge is -2.33. The lowest BCUT2D eigenvalue weighted by Crippen LogP contribution is -2.54. The number of fused-ring (bicyclic) bond motifs is 2. The van der Waals surface area contributed by atoms with E-state index in [9.17, 15) is 36.3 Å². The van der Waals surface area contributed by atoms with Crippen LogP contribution in [0.25, 0.3) is 11.1 Å². The molecule has 1 heterocycles. The maximum absolute atomic E-state index is 15.0. The van der Waals surface area contributed by atoms with Crippen LogP contribution in [0.15, 0.2) is 71.6 Å². The van der Waals surface area contributed by atoms with E-state index in [0.717, 1.165) is 24.3 Å². The summed E-state index contributed by atoms with van der Waals surface area (Å²) in [5.41, 5.74) is -4.55. The highest BCUT2D eigenvalue weighted by Crippen LogP contribution is 2.40. The number of methoxy groups -OCH3 is 1. The van der Waals surface area contributed by atoms with Gasteiger partial charge >= 0.3 is 17.5 Å². The van der Waals surface area contributed by atoms with Crippen molar-refractivity contribution in [3.05, 3.63) is 89.5 Å². The molecule has 1 saturated heterocycles. The number of aromatic carboxylic acids is 1. The number of nitrogens with one attached hydrogen (secondary N) is 2. The van der Waals surface area contributed by atoms with Crippen LogP contribution in [0.4, 0.5) is 32.4 Å². The number of thioether (sulfide) groups is 1. The van der Waals surface area contributed by atoms with Crippen molar-refractivity contribution in [3.63, 3.8) is 0 Å². The molecule has 0 spiro atoms. The third kappa shape index (κ3) is 6.28. The number of hydrogen-bond donors (Lipinski definition) is 3. The van der Waals surface area contributed by atoms with Crippen molar-refractivity contribution < 1.29 is 46.2 Å². The first kappa shape index (κ1) is 29.9. The topological polar surface area (TPSA) is 108 Å². The van der Waals surface area contributed by atoms with Gasteiger partial charge in [0.1, 0.15) is 23.5 Å². The molecular formula is C29H22F5N3O5S. The molecule has 3 unspecified atom stereocenters. The zero-order valence-corrected chi connectivity index (χ0v) is 22.9. The zero-order chi connectivity index (χ0) is 31.1. The van der Waals surface area contributed by atoms with Gasteiger partial charge in [0.2, 0.25) is 0 Å². The Morgan fingerprint density at radius 2 is 1.72 bits per heavy atom. The summed E-state index contributed by atoms with van der Waals surface area (Å²) in [5, 5.41) is 14.4. The van der Waals surface area contributed by atoms with Gasteiger partial charge in [0.25, 0.3) is 5.91 Å². The molecule has 5 rings (SSSR count). The Labute approximate surface area is 245 Å². The first-order valence-corrected chi connectivity index (χ1v) is 13.5. The molecule has 1 aliphatic heterocycles. The monoisotopic (exact) mass is 619 g/mol. The Balaban J connectivity index is 1.38. The molecule has 3 aromatic rings. The Kier molecular flexibility index (Phi) is 8.06. The number of amides is 3. The van der Waals surface area contributed by atoms with Gasteiger partial charge < -0.3 is 20.5 Å². The molecule has 0 aromatic heterocycles. The Hall–Kier alpha value is -4.59. The number of carbonyl (C=O) groups excluding carboxylic acids is 2. The fraction of sp³-hybridized carbons (Fsp3) is 0.207. The van der Waals surface area contributed by atoms with Gasteiger partial charge in [-0.2, -0.15) is 13.2 Å². The maximum Gasteiger partial charge on any atom is 0.446 e. The van der Waals surface area contributed by atoms with E-state index in [1.165, 1.54) is 42.3 Å². The summed E-state index contributed by atoms with van der Waals surface area (Å²) in [6, 6.07) is 9.31. The van der Waals surface area contributed by atoms with Crippen LogP contribution in [0.1, 0.15) is 27.1 Å². The number of nitrogens with zero attached hydrogens (tertiary/aromatic N) is 1. The number of carboxylic acids is 1. The van der Waals surface area contributed by atoms with Crippen molar-refractivity contribution in [2.24, 2.45) is 5.92 Å². The molecule has 0 radical (unpaired) electrons. The third-order valence-electron chi connectivity index (χ3n) is 7.05. The van der Waals surface area contributed by atoms with Crippen LogP contribution in [0, 0.1) is 17.6 Å². The van der Waals surface area contributed by atoms with E-state index in [4.69, 9.17) is 9.84 Å². The summed E-state index contributed by atoms with van der Waals surface area (Å²) in [4.78, 5) is 38.6. The average molecular weight is 620 g/mol. The van der Waals surface area contributed by atoms with E-state index in [0.29, 0.717) is 12.0 Å². The molecule has 3 amide bonds. The summed E-state index contributed by atoms with van der Waals surface area (Å²) in [7, 11) is 1.25. The number of ether oxygens (including phenoxy) is 1. The van der Waals surface area contributed by atoms with Gasteiger partial charge in [0, 0.05) is 23.2 Å². The maximum atomic E-state index is 15.0. The van der Waals surface area contributed by atoms with E-state index in [1.54, 1.807) is 6.08 Å². The van der Waals surface area contributed by atoms with Crippen molar-refractivity contribution in [3.8, 4) is 16.9 Å². The van der Waals surface area contributed by atoms with E-state index in [2.05, 4.69) is 10.6 Å². The SMILES string of the molecule is COc1cc(F)c(-c2ccc(C(=O)O)cc2)cc1C(=O)NC1C2C=CC(C2)N1C(=O)Nc1ccc(F)c(SC(F)(F)F)c1. The van der Waals surface area contributed by atoms with Gasteiger partial charge in [0.15, 0.2) is 0 Å². The lowest BCUT2D eigenvalue weighted by molar-refractivity contribution is -0.0329. The fourth-order valence-corrected chi connectivity index (χ4v) is 5.71. The van der Waals surface area contributed by atoms with Gasteiger partial charge in [-0.25, -0.2) is 18.4 Å². The minimum absolute atomic E-state index is 0.00527. The predicted molar refractivity (Wildman–Crippen MR) is 147 cm³/mol. The van der Waals surface area contributed by atoms with E-state index in [-0.39, 0.29) is 34.0 Å². The molecular weight excluding hydrogens is 597 g/mol. The van der Waals surface area contributed by atoms with Crippen LogP contribution in [-0.2, 0) is 0 Å². The van der Waals surface area contributed by atoms with Gasteiger partial charge in [-0.3, -0.25) is 9.69 Å². The second-order valence-electron chi connectivity index (χ2n) is 9.72. The number of likely N-dealkylation sites (tertiary alicyclic amines) is 1. The normalized spacial score (nSPS) is 18.9. The van der Waals surface area contributed by atoms with Crippen molar-refractivity contribution in [1.82, 2.24) is 10.2 Å². The largest absolute Gasteiger partial charge is 0.496 e.